The standard InChI is InChI=1S/C30H29F4N3O2.ClH/c31-26-10-9-20(18-35)17-24(26)22-11-13-36(14-12-22)29(38)25-19-37(15-16-39-30(32,33)34)27-8-4-7-23(28(25)27)21-5-2-1-3-6-21;/h1-10,17,19,22H,11-16,18,35H2;1H. The molecular formula is C30H30ClF4N3O2. The van der Waals surface area contributed by atoms with Crippen LogP contribution in [0.3, 0.4) is 0 Å². The highest BCUT2D eigenvalue weighted by atomic mass is 35.5. The number of amides is 1. The van der Waals surface area contributed by atoms with Gasteiger partial charge in [0.25, 0.3) is 5.91 Å². The van der Waals surface area contributed by atoms with E-state index in [1.54, 1.807) is 33.9 Å². The number of piperidine rings is 1. The molecule has 1 aromatic heterocycles. The van der Waals surface area contributed by atoms with Crippen molar-refractivity contribution < 1.29 is 27.1 Å². The molecule has 1 aliphatic heterocycles. The van der Waals surface area contributed by atoms with Crippen molar-refractivity contribution in [1.29, 1.82) is 0 Å². The fourth-order valence-electron chi connectivity index (χ4n) is 5.41. The number of hydrogen-bond donors (Lipinski definition) is 1. The molecule has 3 aromatic carbocycles. The number of halogens is 5. The van der Waals surface area contributed by atoms with Crippen LogP contribution in [-0.4, -0.2) is 41.4 Å². The summed E-state index contributed by atoms with van der Waals surface area (Å²) in [6.07, 6.45) is -1.92. The van der Waals surface area contributed by atoms with E-state index in [-0.39, 0.29) is 36.6 Å². The first-order valence-corrected chi connectivity index (χ1v) is 12.9. The van der Waals surface area contributed by atoms with E-state index in [1.165, 1.54) is 6.07 Å². The summed E-state index contributed by atoms with van der Waals surface area (Å²) in [5, 5.41) is 0.685. The number of hydrogen-bond acceptors (Lipinski definition) is 3. The molecule has 1 saturated heterocycles. The number of likely N-dealkylation sites (tertiary alicyclic amines) is 1. The highest BCUT2D eigenvalue weighted by molar-refractivity contribution is 6.12. The molecule has 1 amide bonds. The Balaban J connectivity index is 0.00000370. The lowest BCUT2D eigenvalue weighted by atomic mass is 9.88. The number of benzene rings is 3. The quantitative estimate of drug-likeness (QED) is 0.244. The van der Waals surface area contributed by atoms with Crippen molar-refractivity contribution in [3.05, 3.63) is 95.4 Å². The average molecular weight is 576 g/mol. The molecule has 4 aromatic rings. The summed E-state index contributed by atoms with van der Waals surface area (Å²) < 4.78 is 58.1. The van der Waals surface area contributed by atoms with E-state index in [0.717, 1.165) is 16.7 Å². The second-order valence-electron chi connectivity index (χ2n) is 9.72. The van der Waals surface area contributed by atoms with Gasteiger partial charge >= 0.3 is 6.36 Å². The molecule has 2 heterocycles. The third-order valence-corrected chi connectivity index (χ3v) is 7.34. The maximum absolute atomic E-state index is 14.6. The summed E-state index contributed by atoms with van der Waals surface area (Å²) >= 11 is 0. The number of fused-ring (bicyclic) bond motifs is 1. The largest absolute Gasteiger partial charge is 0.522 e. The van der Waals surface area contributed by atoms with Gasteiger partial charge in [-0.15, -0.1) is 25.6 Å². The molecule has 10 heteroatoms. The van der Waals surface area contributed by atoms with Crippen LogP contribution in [0.25, 0.3) is 22.0 Å². The number of nitrogens with zero attached hydrogens (tertiary/aromatic N) is 2. The maximum atomic E-state index is 14.6. The Morgan fingerprint density at radius 3 is 2.40 bits per heavy atom. The van der Waals surface area contributed by atoms with E-state index in [2.05, 4.69) is 4.74 Å². The third-order valence-electron chi connectivity index (χ3n) is 7.34. The van der Waals surface area contributed by atoms with Crippen LogP contribution >= 0.6 is 12.4 Å². The Hall–Kier alpha value is -3.40. The van der Waals surface area contributed by atoms with Crippen LogP contribution in [0, 0.1) is 5.82 Å². The topological polar surface area (TPSA) is 60.5 Å². The first kappa shape index (κ1) is 29.6. The Morgan fingerprint density at radius 2 is 1.73 bits per heavy atom. The van der Waals surface area contributed by atoms with E-state index in [4.69, 9.17) is 5.73 Å². The average Bonchev–Trinajstić information content (AvgIpc) is 3.31. The van der Waals surface area contributed by atoms with Gasteiger partial charge in [0.05, 0.1) is 12.2 Å². The number of alkyl halides is 3. The van der Waals surface area contributed by atoms with Crippen LogP contribution in [0.15, 0.2) is 72.9 Å². The second-order valence-corrected chi connectivity index (χ2v) is 9.72. The normalized spacial score (nSPS) is 14.4. The van der Waals surface area contributed by atoms with Crippen LogP contribution in [-0.2, 0) is 17.8 Å². The molecule has 0 bridgehead atoms. The van der Waals surface area contributed by atoms with Gasteiger partial charge in [0.15, 0.2) is 0 Å². The zero-order valence-electron chi connectivity index (χ0n) is 21.7. The summed E-state index contributed by atoms with van der Waals surface area (Å²) in [5.41, 5.74) is 10.0. The Morgan fingerprint density at radius 1 is 1.00 bits per heavy atom. The van der Waals surface area contributed by atoms with E-state index < -0.39 is 13.0 Å². The molecule has 212 valence electrons. The van der Waals surface area contributed by atoms with Crippen LogP contribution in [0.5, 0.6) is 0 Å². The molecule has 0 aliphatic carbocycles. The van der Waals surface area contributed by atoms with Gasteiger partial charge in [0.2, 0.25) is 0 Å². The van der Waals surface area contributed by atoms with Crippen LogP contribution in [0.1, 0.15) is 40.2 Å². The van der Waals surface area contributed by atoms with Crippen molar-refractivity contribution in [1.82, 2.24) is 9.47 Å². The van der Waals surface area contributed by atoms with Gasteiger partial charge < -0.3 is 15.2 Å². The predicted molar refractivity (Wildman–Crippen MR) is 149 cm³/mol. The molecule has 5 rings (SSSR count). The minimum Gasteiger partial charge on any atom is -0.344 e. The lowest BCUT2D eigenvalue weighted by Crippen LogP contribution is -2.38. The van der Waals surface area contributed by atoms with Crippen molar-refractivity contribution >= 4 is 29.2 Å². The number of carbonyl (C=O) groups is 1. The van der Waals surface area contributed by atoms with Gasteiger partial charge in [0, 0.05) is 43.3 Å². The lowest BCUT2D eigenvalue weighted by Gasteiger charge is -2.32. The lowest BCUT2D eigenvalue weighted by molar-refractivity contribution is -0.325. The predicted octanol–water partition coefficient (Wildman–Crippen LogP) is 6.88. The zero-order chi connectivity index (χ0) is 27.6. The molecule has 2 N–H and O–H groups in total. The molecule has 40 heavy (non-hydrogen) atoms. The first-order valence-electron chi connectivity index (χ1n) is 12.9. The SMILES string of the molecule is Cl.NCc1ccc(F)c(C2CCN(C(=O)c3cn(CCOC(F)(F)F)c4cccc(-c5ccccc5)c34)CC2)c1. The second kappa shape index (κ2) is 12.4. The maximum Gasteiger partial charge on any atom is 0.522 e. The number of carbonyl (C=O) groups excluding carboxylic acids is 1. The van der Waals surface area contributed by atoms with Crippen molar-refractivity contribution in [3.63, 3.8) is 0 Å². The molecule has 0 unspecified atom stereocenters. The molecule has 0 atom stereocenters. The molecule has 1 fully saturated rings. The Kier molecular flexibility index (Phi) is 9.18. The van der Waals surface area contributed by atoms with Crippen LogP contribution in [0.2, 0.25) is 0 Å². The minimum atomic E-state index is -4.73. The van der Waals surface area contributed by atoms with E-state index in [0.29, 0.717) is 54.5 Å². The molecular weight excluding hydrogens is 546 g/mol. The highest BCUT2D eigenvalue weighted by Gasteiger charge is 2.30. The zero-order valence-corrected chi connectivity index (χ0v) is 22.5. The molecule has 5 nitrogen and oxygen atoms in total. The first-order chi connectivity index (χ1) is 18.7. The summed E-state index contributed by atoms with van der Waals surface area (Å²) in [5.74, 6) is -0.497. The van der Waals surface area contributed by atoms with E-state index in [1.807, 2.05) is 42.5 Å². The van der Waals surface area contributed by atoms with E-state index >= 15 is 0 Å². The third kappa shape index (κ3) is 6.32. The van der Waals surface area contributed by atoms with Crippen molar-refractivity contribution in [2.75, 3.05) is 19.7 Å². The van der Waals surface area contributed by atoms with Gasteiger partial charge in [0.1, 0.15) is 5.82 Å². The number of rotatable bonds is 7. The fourth-order valence-corrected chi connectivity index (χ4v) is 5.41. The van der Waals surface area contributed by atoms with E-state index in [9.17, 15) is 22.4 Å². The summed E-state index contributed by atoms with van der Waals surface area (Å²) in [6, 6.07) is 20.0. The number of nitrogens with two attached hydrogens (primary N) is 1. The Labute approximate surface area is 235 Å². The molecule has 0 saturated carbocycles. The molecule has 1 aliphatic rings. The van der Waals surface area contributed by atoms with Crippen LogP contribution < -0.4 is 5.73 Å². The van der Waals surface area contributed by atoms with Gasteiger partial charge in [-0.1, -0.05) is 54.6 Å². The summed E-state index contributed by atoms with van der Waals surface area (Å²) in [6.45, 7) is 0.558. The number of aromatic nitrogens is 1. The molecule has 0 radical (unpaired) electrons. The van der Waals surface area contributed by atoms with Crippen LogP contribution in [0.4, 0.5) is 17.6 Å². The molecule has 0 spiro atoms. The van der Waals surface area contributed by atoms with Crippen molar-refractivity contribution in [2.24, 2.45) is 5.73 Å². The smallest absolute Gasteiger partial charge is 0.344 e. The van der Waals surface area contributed by atoms with Gasteiger partial charge in [-0.3, -0.25) is 9.53 Å². The van der Waals surface area contributed by atoms with Crippen molar-refractivity contribution in [3.8, 4) is 11.1 Å². The minimum absolute atomic E-state index is 0. The monoisotopic (exact) mass is 575 g/mol. The highest BCUT2D eigenvalue weighted by Crippen LogP contribution is 2.36. The summed E-state index contributed by atoms with van der Waals surface area (Å²) in [4.78, 5) is 15.6. The summed E-state index contributed by atoms with van der Waals surface area (Å²) in [7, 11) is 0. The van der Waals surface area contributed by atoms with Gasteiger partial charge in [-0.2, -0.15) is 0 Å². The van der Waals surface area contributed by atoms with Crippen molar-refractivity contribution in [2.45, 2.75) is 38.2 Å². The number of ether oxygens (including phenoxy) is 1. The van der Waals surface area contributed by atoms with Gasteiger partial charge in [-0.05, 0) is 53.1 Å². The fraction of sp³-hybridized carbons (Fsp3) is 0.300. The van der Waals surface area contributed by atoms with Gasteiger partial charge in [-0.25, -0.2) is 4.39 Å². The Bertz CT molecular complexity index is 1470.